The number of carbonyl (C=O) groups excluding carboxylic acids is 3. The summed E-state index contributed by atoms with van der Waals surface area (Å²) in [6, 6.07) is 3.43. The highest BCUT2D eigenvalue weighted by Gasteiger charge is 2.49. The second-order valence-corrected chi connectivity index (χ2v) is 6.25. The van der Waals surface area contributed by atoms with Crippen LogP contribution in [0.5, 0.6) is 0 Å². The van der Waals surface area contributed by atoms with Crippen molar-refractivity contribution >= 4 is 17.8 Å². The third-order valence-electron chi connectivity index (χ3n) is 4.16. The Morgan fingerprint density at radius 2 is 1.82 bits per heavy atom. The number of rotatable bonds is 4. The molecule has 0 saturated carbocycles. The number of fused-ring (bicyclic) bond motifs is 2. The molecule has 152 valence electrons. The van der Waals surface area contributed by atoms with E-state index in [9.17, 15) is 19.2 Å². The van der Waals surface area contributed by atoms with Crippen molar-refractivity contribution in [3.63, 3.8) is 0 Å². The lowest BCUT2D eigenvalue weighted by Gasteiger charge is -2.43. The summed E-state index contributed by atoms with van der Waals surface area (Å²) in [7, 11) is 2.56. The maximum Gasteiger partial charge on any atom is 0.325 e. The summed E-state index contributed by atoms with van der Waals surface area (Å²) in [6.45, 7) is 3.11. The van der Waals surface area contributed by atoms with E-state index in [0.29, 0.717) is 5.56 Å². The van der Waals surface area contributed by atoms with Crippen molar-refractivity contribution in [2.75, 3.05) is 20.8 Å². The van der Waals surface area contributed by atoms with Crippen molar-refractivity contribution in [1.29, 1.82) is 0 Å². The molecule has 3 aliphatic rings. The Labute approximate surface area is 161 Å². The van der Waals surface area contributed by atoms with Gasteiger partial charge in [-0.05, 0) is 32.1 Å². The van der Waals surface area contributed by atoms with Crippen LogP contribution in [-0.2, 0) is 40.2 Å². The highest BCUT2D eigenvalue weighted by Crippen LogP contribution is 2.30. The van der Waals surface area contributed by atoms with Crippen LogP contribution < -0.4 is 5.56 Å². The molecule has 1 fully saturated rings. The molecule has 28 heavy (non-hydrogen) atoms. The summed E-state index contributed by atoms with van der Waals surface area (Å²) in [5, 5.41) is 0. The van der Waals surface area contributed by atoms with Gasteiger partial charge >= 0.3 is 11.9 Å². The summed E-state index contributed by atoms with van der Waals surface area (Å²) in [6.07, 6.45) is 4.22. The SMILES string of the molecule is COC(=O)CN1C(=O)C2(C)C=CC1OO2.COC(=O)Cn1cccc(C)c1=O. The van der Waals surface area contributed by atoms with Crippen LogP contribution in [0.3, 0.4) is 0 Å². The van der Waals surface area contributed by atoms with Crippen molar-refractivity contribution in [2.24, 2.45) is 0 Å². The molecular formula is C18H22N2O8. The van der Waals surface area contributed by atoms with Gasteiger partial charge in [-0.15, -0.1) is 0 Å². The lowest BCUT2D eigenvalue weighted by molar-refractivity contribution is -0.399. The second-order valence-electron chi connectivity index (χ2n) is 6.25. The number of aryl methyl sites for hydroxylation is 1. The molecule has 2 atom stereocenters. The molecule has 4 rings (SSSR count). The molecule has 1 amide bonds. The first-order chi connectivity index (χ1) is 13.2. The van der Waals surface area contributed by atoms with Crippen LogP contribution in [-0.4, -0.2) is 59.9 Å². The standard InChI is InChI=1S/C9H11NO5.C9H11NO3/c1-9-4-3-6(14-15-9)10(8(9)12)5-7(11)13-2;1-7-4-3-5-10(9(7)12)6-8(11)13-2/h3-4,6H,5H2,1-2H3;3-5H,6H2,1-2H3. The van der Waals surface area contributed by atoms with Gasteiger partial charge in [-0.3, -0.25) is 24.1 Å². The zero-order chi connectivity index (χ0) is 20.9. The van der Waals surface area contributed by atoms with Gasteiger partial charge in [0.1, 0.15) is 13.1 Å². The summed E-state index contributed by atoms with van der Waals surface area (Å²) < 4.78 is 10.3. The van der Waals surface area contributed by atoms with Crippen molar-refractivity contribution in [2.45, 2.75) is 32.2 Å². The lowest BCUT2D eigenvalue weighted by atomic mass is 9.99. The molecule has 0 aromatic carbocycles. The van der Waals surface area contributed by atoms with Crippen LogP contribution in [0.2, 0.25) is 0 Å². The van der Waals surface area contributed by atoms with Crippen molar-refractivity contribution in [3.8, 4) is 0 Å². The molecule has 4 heterocycles. The van der Waals surface area contributed by atoms with Gasteiger partial charge in [-0.1, -0.05) is 6.07 Å². The van der Waals surface area contributed by atoms with Gasteiger partial charge in [0, 0.05) is 11.8 Å². The van der Waals surface area contributed by atoms with E-state index in [1.54, 1.807) is 44.3 Å². The summed E-state index contributed by atoms with van der Waals surface area (Å²) >= 11 is 0. The molecular weight excluding hydrogens is 372 g/mol. The maximum atomic E-state index is 11.8. The lowest BCUT2D eigenvalue weighted by Crippen LogP contribution is -2.61. The van der Waals surface area contributed by atoms with Gasteiger partial charge in [0.25, 0.3) is 11.5 Å². The van der Waals surface area contributed by atoms with E-state index in [2.05, 4.69) is 9.47 Å². The molecule has 0 N–H and O–H groups in total. The minimum atomic E-state index is -1.12. The monoisotopic (exact) mass is 394 g/mol. The molecule has 10 heteroatoms. The van der Waals surface area contributed by atoms with Crippen LogP contribution >= 0.6 is 0 Å². The number of ether oxygens (including phenoxy) is 2. The highest BCUT2D eigenvalue weighted by molar-refractivity contribution is 5.91. The van der Waals surface area contributed by atoms with Crippen LogP contribution in [0, 0.1) is 6.92 Å². The number of nitrogens with zero attached hydrogens (tertiary/aromatic N) is 2. The molecule has 0 radical (unpaired) electrons. The fraction of sp³-hybridized carbons (Fsp3) is 0.444. The van der Waals surface area contributed by atoms with Gasteiger partial charge in [0.05, 0.1) is 14.2 Å². The first kappa shape index (κ1) is 21.3. The minimum Gasteiger partial charge on any atom is -0.468 e. The fourth-order valence-corrected chi connectivity index (χ4v) is 2.49. The van der Waals surface area contributed by atoms with E-state index in [0.717, 1.165) is 0 Å². The summed E-state index contributed by atoms with van der Waals surface area (Å²) in [5.74, 6) is -1.21. The van der Waals surface area contributed by atoms with Gasteiger partial charge in [0.2, 0.25) is 0 Å². The Hall–Kier alpha value is -2.98. The Morgan fingerprint density at radius 1 is 1.18 bits per heavy atom. The van der Waals surface area contributed by atoms with Crippen LogP contribution in [0.4, 0.5) is 0 Å². The third kappa shape index (κ3) is 4.65. The average molecular weight is 394 g/mol. The smallest absolute Gasteiger partial charge is 0.325 e. The molecule has 1 aromatic heterocycles. The predicted molar refractivity (Wildman–Crippen MR) is 94.7 cm³/mol. The number of hydrogen-bond donors (Lipinski definition) is 0. The number of amides is 1. The summed E-state index contributed by atoms with van der Waals surface area (Å²) in [5.41, 5.74) is -0.665. The molecule has 1 saturated heterocycles. The van der Waals surface area contributed by atoms with Crippen molar-refractivity contribution in [1.82, 2.24) is 9.47 Å². The zero-order valence-corrected chi connectivity index (χ0v) is 16.0. The molecule has 3 aliphatic heterocycles. The Kier molecular flexibility index (Phi) is 6.71. The van der Waals surface area contributed by atoms with E-state index >= 15 is 0 Å². The first-order valence-electron chi connectivity index (χ1n) is 8.36. The number of aromatic nitrogens is 1. The van der Waals surface area contributed by atoms with E-state index in [1.165, 1.54) is 23.7 Å². The first-order valence-corrected chi connectivity index (χ1v) is 8.36. The van der Waals surface area contributed by atoms with Gasteiger partial charge in [-0.25, -0.2) is 9.78 Å². The van der Waals surface area contributed by atoms with E-state index in [1.807, 2.05) is 0 Å². The highest BCUT2D eigenvalue weighted by atomic mass is 17.2. The van der Waals surface area contributed by atoms with Crippen LogP contribution in [0.15, 0.2) is 35.3 Å². The molecule has 10 nitrogen and oxygen atoms in total. The van der Waals surface area contributed by atoms with Crippen LogP contribution in [0.25, 0.3) is 0 Å². The third-order valence-corrected chi connectivity index (χ3v) is 4.16. The molecule has 2 unspecified atom stereocenters. The molecule has 0 aliphatic carbocycles. The number of esters is 2. The van der Waals surface area contributed by atoms with Crippen LogP contribution in [0.1, 0.15) is 12.5 Å². The van der Waals surface area contributed by atoms with Crippen molar-refractivity contribution < 1.29 is 33.6 Å². The zero-order valence-electron chi connectivity index (χ0n) is 16.0. The fourth-order valence-electron chi connectivity index (χ4n) is 2.49. The Morgan fingerprint density at radius 3 is 2.39 bits per heavy atom. The summed E-state index contributed by atoms with van der Waals surface area (Å²) in [4.78, 5) is 56.2. The number of pyridine rings is 1. The Bertz CT molecular complexity index is 846. The average Bonchev–Trinajstić information content (AvgIpc) is 2.69. The van der Waals surface area contributed by atoms with Gasteiger partial charge < -0.3 is 14.0 Å². The predicted octanol–water partition coefficient (Wildman–Crippen LogP) is -0.0659. The molecule has 1 aromatic rings. The Balaban J connectivity index is 0.000000203. The largest absolute Gasteiger partial charge is 0.468 e. The molecule has 0 spiro atoms. The van der Waals surface area contributed by atoms with Crippen molar-refractivity contribution in [3.05, 3.63) is 46.4 Å². The number of methoxy groups -OCH3 is 2. The second kappa shape index (κ2) is 8.81. The topological polar surface area (TPSA) is 113 Å². The number of carbonyl (C=O) groups is 3. The van der Waals surface area contributed by atoms with Gasteiger partial charge in [-0.2, -0.15) is 0 Å². The normalized spacial score (nSPS) is 22.4. The maximum absolute atomic E-state index is 11.8. The minimum absolute atomic E-state index is 0.0307. The van der Waals surface area contributed by atoms with Gasteiger partial charge in [0.15, 0.2) is 11.8 Å². The van der Waals surface area contributed by atoms with E-state index in [4.69, 9.17) is 9.78 Å². The van der Waals surface area contributed by atoms with E-state index < -0.39 is 23.8 Å². The molecule has 2 bridgehead atoms. The quantitative estimate of drug-likeness (QED) is 0.396. The number of hydrogen-bond acceptors (Lipinski definition) is 8. The van der Waals surface area contributed by atoms with E-state index in [-0.39, 0.29) is 24.6 Å².